The maximum Gasteiger partial charge on any atom is 0.169 e. The molecule has 0 unspecified atom stereocenters. The Morgan fingerprint density at radius 3 is 2.05 bits per heavy atom. The lowest BCUT2D eigenvalue weighted by Gasteiger charge is -2.40. The van der Waals surface area contributed by atoms with Crippen molar-refractivity contribution in [2.75, 3.05) is 7.11 Å². The summed E-state index contributed by atoms with van der Waals surface area (Å²) < 4.78 is 16.9. The van der Waals surface area contributed by atoms with E-state index in [9.17, 15) is 15.3 Å². The Hall–Kier alpha value is -0.240. The molecule has 0 bridgehead atoms. The van der Waals surface area contributed by atoms with Crippen molar-refractivity contribution in [1.82, 2.24) is 0 Å². The molecule has 6 nitrogen and oxygen atoms in total. The Balaban J connectivity index is 1.82. The molecule has 110 valence electrons. The van der Waals surface area contributed by atoms with E-state index in [0.29, 0.717) is 0 Å². The quantitative estimate of drug-likeness (QED) is 0.600. The standard InChI is InChI=1S/C13H22O6/c1-17-10-7(14)8(15)11-12(9(10)16)19-13(18-11)5-3-2-4-6-13/h7-12,14-16H,2-6H2,1H3/t7-,8-,9+,10+,11+,12-/m1/s1. The molecule has 1 heterocycles. The van der Waals surface area contributed by atoms with Crippen LogP contribution in [0, 0.1) is 0 Å². The van der Waals surface area contributed by atoms with Gasteiger partial charge in [0.25, 0.3) is 0 Å². The molecular weight excluding hydrogens is 252 g/mol. The highest BCUT2D eigenvalue weighted by Gasteiger charge is 2.59. The molecular formula is C13H22O6. The summed E-state index contributed by atoms with van der Waals surface area (Å²) in [6.07, 6.45) is -0.699. The van der Waals surface area contributed by atoms with Gasteiger partial charge in [0.1, 0.15) is 36.6 Å². The largest absolute Gasteiger partial charge is 0.387 e. The van der Waals surface area contributed by atoms with Crippen LogP contribution in [0.5, 0.6) is 0 Å². The van der Waals surface area contributed by atoms with E-state index in [1.54, 1.807) is 0 Å². The van der Waals surface area contributed by atoms with Crippen LogP contribution in [0.15, 0.2) is 0 Å². The maximum absolute atomic E-state index is 10.2. The summed E-state index contributed by atoms with van der Waals surface area (Å²) in [6, 6.07) is 0. The van der Waals surface area contributed by atoms with Crippen molar-refractivity contribution in [3.05, 3.63) is 0 Å². The molecule has 0 aromatic rings. The summed E-state index contributed by atoms with van der Waals surface area (Å²) in [5.41, 5.74) is 0. The highest BCUT2D eigenvalue weighted by Crippen LogP contribution is 2.45. The number of aliphatic hydroxyl groups excluding tert-OH is 3. The zero-order valence-corrected chi connectivity index (χ0v) is 11.1. The fourth-order valence-electron chi connectivity index (χ4n) is 3.57. The van der Waals surface area contributed by atoms with Crippen molar-refractivity contribution in [3.8, 4) is 0 Å². The molecule has 3 aliphatic rings. The fraction of sp³-hybridized carbons (Fsp3) is 1.00. The number of methoxy groups -OCH3 is 1. The third-order valence-corrected chi connectivity index (χ3v) is 4.61. The molecule has 1 saturated heterocycles. The summed E-state index contributed by atoms with van der Waals surface area (Å²) in [7, 11) is 1.40. The molecule has 6 heteroatoms. The Morgan fingerprint density at radius 2 is 1.47 bits per heavy atom. The first-order valence-electron chi connectivity index (χ1n) is 7.01. The summed E-state index contributed by atoms with van der Waals surface area (Å²) in [5.74, 6) is -0.697. The second kappa shape index (κ2) is 4.95. The van der Waals surface area contributed by atoms with E-state index in [1.165, 1.54) is 7.11 Å². The minimum Gasteiger partial charge on any atom is -0.387 e. The van der Waals surface area contributed by atoms with Crippen molar-refractivity contribution in [3.63, 3.8) is 0 Å². The molecule has 3 N–H and O–H groups in total. The van der Waals surface area contributed by atoms with Crippen molar-refractivity contribution in [2.24, 2.45) is 0 Å². The third kappa shape index (κ3) is 2.11. The van der Waals surface area contributed by atoms with Crippen LogP contribution in [0.2, 0.25) is 0 Å². The van der Waals surface area contributed by atoms with E-state index < -0.39 is 42.4 Å². The smallest absolute Gasteiger partial charge is 0.169 e. The van der Waals surface area contributed by atoms with E-state index in [2.05, 4.69) is 0 Å². The lowest BCUT2D eigenvalue weighted by molar-refractivity contribution is -0.203. The van der Waals surface area contributed by atoms with Crippen LogP contribution >= 0.6 is 0 Å². The molecule has 19 heavy (non-hydrogen) atoms. The number of hydrogen-bond acceptors (Lipinski definition) is 6. The highest BCUT2D eigenvalue weighted by molar-refractivity contribution is 5.05. The van der Waals surface area contributed by atoms with Gasteiger partial charge in [-0.2, -0.15) is 0 Å². The van der Waals surface area contributed by atoms with Crippen molar-refractivity contribution in [2.45, 2.75) is 74.5 Å². The Kier molecular flexibility index (Phi) is 3.57. The van der Waals surface area contributed by atoms with Crippen LogP contribution in [-0.2, 0) is 14.2 Å². The van der Waals surface area contributed by atoms with Gasteiger partial charge in [-0.15, -0.1) is 0 Å². The number of aliphatic hydroxyl groups is 3. The molecule has 0 aromatic carbocycles. The lowest BCUT2D eigenvalue weighted by Crippen LogP contribution is -2.63. The number of hydrogen-bond donors (Lipinski definition) is 3. The summed E-state index contributed by atoms with van der Waals surface area (Å²) in [4.78, 5) is 0. The summed E-state index contributed by atoms with van der Waals surface area (Å²) in [6.45, 7) is 0. The van der Waals surface area contributed by atoms with Gasteiger partial charge in [0.05, 0.1) is 0 Å². The van der Waals surface area contributed by atoms with Gasteiger partial charge < -0.3 is 29.5 Å². The van der Waals surface area contributed by atoms with E-state index in [0.717, 1.165) is 32.1 Å². The van der Waals surface area contributed by atoms with Gasteiger partial charge in [-0.05, 0) is 12.8 Å². The van der Waals surface area contributed by atoms with E-state index >= 15 is 0 Å². The molecule has 6 atom stereocenters. The van der Waals surface area contributed by atoms with E-state index in [4.69, 9.17) is 14.2 Å². The van der Waals surface area contributed by atoms with Gasteiger partial charge in [-0.25, -0.2) is 0 Å². The van der Waals surface area contributed by atoms with Crippen LogP contribution in [0.25, 0.3) is 0 Å². The van der Waals surface area contributed by atoms with Crippen LogP contribution in [0.4, 0.5) is 0 Å². The summed E-state index contributed by atoms with van der Waals surface area (Å²) in [5, 5.41) is 30.3. The Labute approximate surface area is 112 Å². The Morgan fingerprint density at radius 1 is 0.895 bits per heavy atom. The molecule has 3 rings (SSSR count). The summed E-state index contributed by atoms with van der Waals surface area (Å²) >= 11 is 0. The molecule has 1 aliphatic heterocycles. The molecule has 2 aliphatic carbocycles. The second-order valence-corrected chi connectivity index (χ2v) is 5.81. The molecule has 0 amide bonds. The maximum atomic E-state index is 10.2. The first-order chi connectivity index (χ1) is 9.08. The fourth-order valence-corrected chi connectivity index (χ4v) is 3.57. The van der Waals surface area contributed by atoms with Crippen LogP contribution < -0.4 is 0 Å². The normalized spacial score (nSPS) is 49.3. The highest BCUT2D eigenvalue weighted by atomic mass is 16.8. The van der Waals surface area contributed by atoms with Crippen LogP contribution in [0.3, 0.4) is 0 Å². The van der Waals surface area contributed by atoms with Gasteiger partial charge in [-0.1, -0.05) is 6.42 Å². The minimum atomic E-state index is -1.16. The topological polar surface area (TPSA) is 88.4 Å². The van der Waals surface area contributed by atoms with Gasteiger partial charge in [0, 0.05) is 20.0 Å². The van der Waals surface area contributed by atoms with Crippen molar-refractivity contribution in [1.29, 1.82) is 0 Å². The average Bonchev–Trinajstić information content (AvgIpc) is 2.78. The van der Waals surface area contributed by atoms with Gasteiger partial charge in [0.2, 0.25) is 0 Å². The van der Waals surface area contributed by atoms with Crippen molar-refractivity contribution >= 4 is 0 Å². The Bertz CT molecular complexity index is 329. The van der Waals surface area contributed by atoms with E-state index in [-0.39, 0.29) is 0 Å². The first kappa shape index (κ1) is 13.7. The predicted molar refractivity (Wildman–Crippen MR) is 64.4 cm³/mol. The number of ether oxygens (including phenoxy) is 3. The molecule has 0 radical (unpaired) electrons. The van der Waals surface area contributed by atoms with Crippen LogP contribution in [0.1, 0.15) is 32.1 Å². The van der Waals surface area contributed by atoms with Crippen molar-refractivity contribution < 1.29 is 29.5 Å². The van der Waals surface area contributed by atoms with Gasteiger partial charge in [-0.3, -0.25) is 0 Å². The molecule has 3 fully saturated rings. The third-order valence-electron chi connectivity index (χ3n) is 4.61. The SMILES string of the molecule is CO[C@H]1[C@H](O)[C@@H](O)[C@@H]2OC3(CCCCC3)O[C@@H]2[C@H]1O. The predicted octanol–water partition coefficient (Wildman–Crippen LogP) is -0.458. The van der Waals surface area contributed by atoms with Gasteiger partial charge in [0.15, 0.2) is 5.79 Å². The number of fused-ring (bicyclic) bond motifs is 1. The van der Waals surface area contributed by atoms with Crippen LogP contribution in [-0.4, -0.2) is 64.8 Å². The van der Waals surface area contributed by atoms with Gasteiger partial charge >= 0.3 is 0 Å². The average molecular weight is 274 g/mol. The minimum absolute atomic E-state index is 0.638. The zero-order valence-electron chi connectivity index (χ0n) is 11.1. The molecule has 2 saturated carbocycles. The van der Waals surface area contributed by atoms with E-state index in [1.807, 2.05) is 0 Å². The lowest BCUT2D eigenvalue weighted by atomic mass is 9.85. The molecule has 0 aromatic heterocycles. The molecule has 1 spiro atoms. The first-order valence-corrected chi connectivity index (χ1v) is 7.01. The monoisotopic (exact) mass is 274 g/mol. The zero-order chi connectivity index (χ0) is 13.6. The number of rotatable bonds is 1. The second-order valence-electron chi connectivity index (χ2n) is 5.81.